The van der Waals surface area contributed by atoms with Gasteiger partial charge in [0.2, 0.25) is 0 Å². The van der Waals surface area contributed by atoms with Crippen molar-refractivity contribution in [1.82, 2.24) is 0 Å². The third-order valence-corrected chi connectivity index (χ3v) is 20.8. The third kappa shape index (κ3) is 7.78. The summed E-state index contributed by atoms with van der Waals surface area (Å²) in [5.74, 6) is 0. The minimum Gasteiger partial charge on any atom is -0.305 e. The molecule has 4 heterocycles. The maximum Gasteiger partial charge on any atom is 0.362 e. The van der Waals surface area contributed by atoms with Crippen LogP contribution >= 0.6 is 60.5 Å². The minimum absolute atomic E-state index is 0.180. The van der Waals surface area contributed by atoms with Crippen LogP contribution in [0.1, 0.15) is 27.7 Å². The Kier molecular flexibility index (Phi) is 12.2. The molecule has 6 nitrogen and oxygen atoms in total. The van der Waals surface area contributed by atoms with Crippen LogP contribution in [0.15, 0.2) is 146 Å². The number of rotatable bonds is 15. The van der Waals surface area contributed by atoms with Gasteiger partial charge in [-0.2, -0.15) is 0 Å². The predicted octanol–water partition coefficient (Wildman–Crippen LogP) is 16.7. The molecule has 0 unspecified atom stereocenters. The van der Waals surface area contributed by atoms with Gasteiger partial charge in [-0.3, -0.25) is 9.13 Å². The van der Waals surface area contributed by atoms with Crippen molar-refractivity contribution in [3.8, 4) is 50.1 Å². The van der Waals surface area contributed by atoms with E-state index in [0.717, 1.165) is 29.3 Å². The van der Waals surface area contributed by atoms with Crippen molar-refractivity contribution in [3.05, 3.63) is 146 Å². The lowest BCUT2D eigenvalue weighted by Crippen LogP contribution is -2.15. The van der Waals surface area contributed by atoms with Crippen molar-refractivity contribution < 1.29 is 27.2 Å². The molecule has 0 spiro atoms. The second-order valence-corrected chi connectivity index (χ2v) is 23.3. The summed E-state index contributed by atoms with van der Waals surface area (Å²) in [6.45, 7) is 7.99. The van der Waals surface area contributed by atoms with Crippen molar-refractivity contribution in [1.29, 1.82) is 0 Å². The van der Waals surface area contributed by atoms with Crippen LogP contribution in [0.4, 0.5) is 0 Å². The van der Waals surface area contributed by atoms with Crippen molar-refractivity contribution in [2.24, 2.45) is 0 Å². The summed E-state index contributed by atoms with van der Waals surface area (Å²) in [4.78, 5) is 7.38. The Morgan fingerprint density at radius 3 is 0.969 bits per heavy atom. The molecular formula is C52H44O6P2S4. The predicted molar refractivity (Wildman–Crippen MR) is 276 cm³/mol. The van der Waals surface area contributed by atoms with Gasteiger partial charge in [-0.15, -0.1) is 45.3 Å². The van der Waals surface area contributed by atoms with Crippen LogP contribution in [0.25, 0.3) is 93.2 Å². The molecule has 0 amide bonds. The van der Waals surface area contributed by atoms with Crippen LogP contribution in [-0.4, -0.2) is 26.4 Å². The van der Waals surface area contributed by atoms with Gasteiger partial charge in [0, 0.05) is 40.4 Å². The van der Waals surface area contributed by atoms with Gasteiger partial charge >= 0.3 is 15.2 Å². The molecule has 64 heavy (non-hydrogen) atoms. The van der Waals surface area contributed by atoms with Crippen molar-refractivity contribution in [3.63, 3.8) is 0 Å². The van der Waals surface area contributed by atoms with Gasteiger partial charge in [0.25, 0.3) is 0 Å². The first-order valence-electron chi connectivity index (χ1n) is 21.3. The van der Waals surface area contributed by atoms with Crippen LogP contribution in [0, 0.1) is 0 Å². The fourth-order valence-electron chi connectivity index (χ4n) is 8.54. The van der Waals surface area contributed by atoms with Gasteiger partial charge in [0.1, 0.15) is 0 Å². The standard InChI is InChI=1S/C52H44O6P2S4/c1-5-55-59(53,56-6-2)41-31-47(43-25-27-45(61-43)49-37-21-13-9-17-33(37)29-34-18-10-14-22-38(34)49)63-51(41)52-42(60(54,57-7-3)58-8-4)32-48(64-52)44-26-28-46(62-44)50-39-23-15-11-19-35(39)30-36-20-12-16-24-40(36)50/h9-32H,5-8H2,1-4H3. The second-order valence-electron chi connectivity index (χ2n) is 15.0. The molecule has 4 aromatic heterocycles. The maximum absolute atomic E-state index is 15.1. The summed E-state index contributed by atoms with van der Waals surface area (Å²) >= 11 is 6.39. The Balaban J connectivity index is 1.16. The molecule has 0 fully saturated rings. The molecule has 0 saturated carbocycles. The van der Waals surface area contributed by atoms with Crippen molar-refractivity contribution in [2.45, 2.75) is 27.7 Å². The SMILES string of the molecule is CCOP(=O)(OCC)c1cc(-c2ccc(-c3c4ccccc4cc4ccccc34)s2)sc1-c1sc(-c2ccc(-c3c4ccccc4cc4ccccc34)s2)cc1P(=O)(OCC)OCC. The number of benzene rings is 6. The Morgan fingerprint density at radius 2 is 0.656 bits per heavy atom. The molecule has 0 N–H and O–H groups in total. The lowest BCUT2D eigenvalue weighted by atomic mass is 9.96. The molecule has 0 aliphatic carbocycles. The third-order valence-electron chi connectivity index (χ3n) is 11.2. The summed E-state index contributed by atoms with van der Waals surface area (Å²) in [5.41, 5.74) is 2.37. The van der Waals surface area contributed by atoms with Gasteiger partial charge in [0.15, 0.2) is 0 Å². The minimum atomic E-state index is -3.89. The zero-order valence-corrected chi connectivity index (χ0v) is 40.7. The lowest BCUT2D eigenvalue weighted by Gasteiger charge is -2.19. The van der Waals surface area contributed by atoms with Crippen LogP contribution in [-0.2, 0) is 27.2 Å². The second kappa shape index (κ2) is 18.0. The zero-order valence-electron chi connectivity index (χ0n) is 35.7. The monoisotopic (exact) mass is 954 g/mol. The van der Waals surface area contributed by atoms with E-state index in [2.05, 4.69) is 133 Å². The molecule has 10 aromatic rings. The highest BCUT2D eigenvalue weighted by Gasteiger charge is 2.39. The maximum atomic E-state index is 15.1. The quantitative estimate of drug-likeness (QED) is 0.0753. The molecule has 0 aliphatic rings. The fraction of sp³-hybridized carbons (Fsp3) is 0.154. The molecule has 0 saturated heterocycles. The van der Waals surface area contributed by atoms with E-state index >= 15 is 9.13 Å². The molecule has 0 bridgehead atoms. The average molecular weight is 955 g/mol. The molecule has 10 rings (SSSR count). The Labute approximate surface area is 388 Å². The van der Waals surface area contributed by atoms with Crippen molar-refractivity contribution in [2.75, 3.05) is 26.4 Å². The van der Waals surface area contributed by atoms with E-state index in [1.807, 2.05) is 39.8 Å². The van der Waals surface area contributed by atoms with Gasteiger partial charge < -0.3 is 18.1 Å². The number of thiophene rings is 4. The first kappa shape index (κ1) is 43.4. The summed E-state index contributed by atoms with van der Waals surface area (Å²) in [6.07, 6.45) is 0. The summed E-state index contributed by atoms with van der Waals surface area (Å²) in [6, 6.07) is 51.1. The van der Waals surface area contributed by atoms with Crippen molar-refractivity contribution >= 4 is 114 Å². The highest BCUT2D eigenvalue weighted by Crippen LogP contribution is 2.58. The van der Waals surface area contributed by atoms with Crippen LogP contribution in [0.3, 0.4) is 0 Å². The molecule has 6 aromatic carbocycles. The molecular weight excluding hydrogens is 911 g/mol. The first-order valence-corrected chi connectivity index (χ1v) is 27.7. The fourth-order valence-corrected chi connectivity index (χ4v) is 17.8. The number of hydrogen-bond donors (Lipinski definition) is 0. The normalized spacial score (nSPS) is 12.4. The smallest absolute Gasteiger partial charge is 0.305 e. The summed E-state index contributed by atoms with van der Waals surface area (Å²) in [5, 5.41) is 10.3. The van der Waals surface area contributed by atoms with E-state index in [9.17, 15) is 0 Å². The number of hydrogen-bond acceptors (Lipinski definition) is 10. The molecule has 322 valence electrons. The van der Waals surface area contributed by atoms with Gasteiger partial charge in [-0.1, -0.05) is 97.1 Å². The van der Waals surface area contributed by atoms with E-state index in [1.165, 1.54) is 76.9 Å². The highest BCUT2D eigenvalue weighted by atomic mass is 32.1. The molecule has 12 heteroatoms. The van der Waals surface area contributed by atoms with Crippen LogP contribution in [0.5, 0.6) is 0 Å². The molecule has 0 aliphatic heterocycles. The van der Waals surface area contributed by atoms with E-state index < -0.39 is 15.2 Å². The van der Waals surface area contributed by atoms with Gasteiger partial charge in [-0.05, 0) is 119 Å². The zero-order chi connectivity index (χ0) is 44.0. The molecule has 0 radical (unpaired) electrons. The lowest BCUT2D eigenvalue weighted by molar-refractivity contribution is 0.229. The molecule has 0 atom stereocenters. The van der Waals surface area contributed by atoms with E-state index in [-0.39, 0.29) is 26.4 Å². The first-order chi connectivity index (χ1) is 31.3. The Hall–Kier alpha value is -4.54. The highest BCUT2D eigenvalue weighted by molar-refractivity contribution is 7.64. The van der Waals surface area contributed by atoms with Crippen LogP contribution in [0.2, 0.25) is 0 Å². The average Bonchev–Trinajstić information content (AvgIpc) is 4.14. The largest absolute Gasteiger partial charge is 0.362 e. The number of fused-ring (bicyclic) bond motifs is 4. The Bertz CT molecular complexity index is 3100. The van der Waals surface area contributed by atoms with E-state index in [0.29, 0.717) is 20.4 Å². The van der Waals surface area contributed by atoms with Crippen LogP contribution < -0.4 is 10.6 Å². The Morgan fingerprint density at radius 1 is 0.359 bits per heavy atom. The van der Waals surface area contributed by atoms with E-state index in [1.54, 1.807) is 22.7 Å². The van der Waals surface area contributed by atoms with E-state index in [4.69, 9.17) is 18.1 Å². The van der Waals surface area contributed by atoms with Gasteiger partial charge in [0.05, 0.1) is 46.8 Å². The topological polar surface area (TPSA) is 71.1 Å². The van der Waals surface area contributed by atoms with Gasteiger partial charge in [-0.25, -0.2) is 0 Å². The summed E-state index contributed by atoms with van der Waals surface area (Å²) in [7, 11) is -7.77. The summed E-state index contributed by atoms with van der Waals surface area (Å²) < 4.78 is 54.5.